The molecule has 2 aromatic rings. The number of likely N-dealkylation sites (N-methyl/N-ethyl adjacent to an activating group) is 1. The maximum atomic E-state index is 10.3. The van der Waals surface area contributed by atoms with Crippen molar-refractivity contribution < 1.29 is 34.8 Å². The minimum Gasteiger partial charge on any atom is -0.481 e. The number of aryl methyl sites for hydroxylation is 1. The number of aliphatic hydroxyl groups is 1. The Morgan fingerprint density at radius 1 is 1.09 bits per heavy atom. The molecule has 4 N–H and O–H groups in total. The second-order valence-electron chi connectivity index (χ2n) is 7.95. The van der Waals surface area contributed by atoms with Crippen molar-refractivity contribution in [3.05, 3.63) is 39.8 Å². The van der Waals surface area contributed by atoms with E-state index in [2.05, 4.69) is 53.4 Å². The van der Waals surface area contributed by atoms with Gasteiger partial charge in [0.2, 0.25) is 0 Å². The largest absolute Gasteiger partial charge is 0.481 e. The first-order valence-corrected chi connectivity index (χ1v) is 11.0. The molecule has 0 saturated heterocycles. The molecule has 33 heavy (non-hydrogen) atoms. The van der Waals surface area contributed by atoms with Crippen molar-refractivity contribution in [2.24, 2.45) is 7.05 Å². The molecule has 0 aliphatic carbocycles. The molecule has 2 aromatic heterocycles. The third kappa shape index (κ3) is 10.1. The summed E-state index contributed by atoms with van der Waals surface area (Å²) in [7, 11) is 6.25. The van der Waals surface area contributed by atoms with E-state index in [0.717, 1.165) is 26.2 Å². The highest BCUT2D eigenvalue weighted by Gasteiger charge is 2.40. The van der Waals surface area contributed by atoms with E-state index in [0.29, 0.717) is 0 Å². The number of nitrogens with zero attached hydrogens (tertiary/aromatic N) is 4. The number of thiophene rings is 1. The third-order valence-corrected chi connectivity index (χ3v) is 5.70. The molecule has 11 nitrogen and oxygen atoms in total. The Morgan fingerprint density at radius 2 is 1.70 bits per heavy atom. The monoisotopic (exact) mass is 484 g/mol. The predicted molar refractivity (Wildman–Crippen MR) is 122 cm³/mol. The molecule has 0 radical (unpaired) electrons. The fourth-order valence-electron chi connectivity index (χ4n) is 2.83. The SMILES string of the molecule is Cc1c(CN(CCN(C)C)Cc2cccs2)cnn1C.O=C(O)CC(O)(CC(=O)O)C(=O)O. The molecule has 0 unspecified atom stereocenters. The first kappa shape index (κ1) is 28.2. The average molecular weight is 485 g/mol. The minimum atomic E-state index is -2.74. The van der Waals surface area contributed by atoms with Crippen LogP contribution in [0.15, 0.2) is 23.7 Å². The van der Waals surface area contributed by atoms with E-state index in [9.17, 15) is 14.4 Å². The molecular formula is C21H32N4O7S. The molecular weight excluding hydrogens is 452 g/mol. The number of hydrogen-bond donors (Lipinski definition) is 4. The summed E-state index contributed by atoms with van der Waals surface area (Å²) in [6.45, 7) is 6.26. The van der Waals surface area contributed by atoms with Crippen LogP contribution < -0.4 is 0 Å². The van der Waals surface area contributed by atoms with Gasteiger partial charge in [0.05, 0.1) is 19.0 Å². The van der Waals surface area contributed by atoms with Crippen molar-refractivity contribution in [1.82, 2.24) is 19.6 Å². The zero-order valence-electron chi connectivity index (χ0n) is 19.3. The summed E-state index contributed by atoms with van der Waals surface area (Å²) < 4.78 is 1.95. The van der Waals surface area contributed by atoms with E-state index >= 15 is 0 Å². The molecule has 0 saturated carbocycles. The Labute approximate surface area is 196 Å². The first-order valence-electron chi connectivity index (χ1n) is 10.1. The van der Waals surface area contributed by atoms with Crippen LogP contribution in [0.25, 0.3) is 0 Å². The Hall–Kier alpha value is -2.80. The third-order valence-electron chi connectivity index (χ3n) is 4.84. The van der Waals surface area contributed by atoms with Crippen LogP contribution in [0.1, 0.15) is 29.0 Å². The lowest BCUT2D eigenvalue weighted by atomic mass is 9.96. The maximum absolute atomic E-state index is 10.3. The van der Waals surface area contributed by atoms with Gasteiger partial charge in [-0.05, 0) is 32.5 Å². The van der Waals surface area contributed by atoms with Crippen molar-refractivity contribution in [3.8, 4) is 0 Å². The summed E-state index contributed by atoms with van der Waals surface area (Å²) in [4.78, 5) is 36.6. The fourth-order valence-corrected chi connectivity index (χ4v) is 3.58. The quantitative estimate of drug-likeness (QED) is 0.344. The summed E-state index contributed by atoms with van der Waals surface area (Å²) in [6, 6.07) is 4.34. The summed E-state index contributed by atoms with van der Waals surface area (Å²) in [6.07, 6.45) is -0.296. The van der Waals surface area contributed by atoms with E-state index < -0.39 is 36.4 Å². The normalized spacial score (nSPS) is 11.4. The molecule has 0 aliphatic rings. The van der Waals surface area contributed by atoms with Crippen LogP contribution in [-0.4, -0.2) is 90.7 Å². The lowest BCUT2D eigenvalue weighted by Crippen LogP contribution is -2.42. The molecule has 0 bridgehead atoms. The number of aromatic nitrogens is 2. The average Bonchev–Trinajstić information content (AvgIpc) is 3.30. The van der Waals surface area contributed by atoms with Crippen molar-refractivity contribution in [2.75, 3.05) is 27.2 Å². The van der Waals surface area contributed by atoms with Gasteiger partial charge in [-0.1, -0.05) is 6.07 Å². The topological polar surface area (TPSA) is 156 Å². The Balaban J connectivity index is 0.000000366. The van der Waals surface area contributed by atoms with Crippen molar-refractivity contribution in [1.29, 1.82) is 0 Å². The highest BCUT2D eigenvalue weighted by Crippen LogP contribution is 2.16. The van der Waals surface area contributed by atoms with Crippen LogP contribution in [0.5, 0.6) is 0 Å². The summed E-state index contributed by atoms with van der Waals surface area (Å²) >= 11 is 1.83. The number of carboxylic acids is 3. The number of hydrogen-bond acceptors (Lipinski definition) is 8. The van der Waals surface area contributed by atoms with E-state index in [4.69, 9.17) is 20.4 Å². The minimum absolute atomic E-state index is 0.964. The van der Waals surface area contributed by atoms with Gasteiger partial charge in [-0.2, -0.15) is 5.10 Å². The van der Waals surface area contributed by atoms with Gasteiger partial charge in [0, 0.05) is 49.4 Å². The van der Waals surface area contributed by atoms with Gasteiger partial charge in [-0.3, -0.25) is 19.2 Å². The Kier molecular flexibility index (Phi) is 11.2. The summed E-state index contributed by atoms with van der Waals surface area (Å²) in [5.41, 5.74) is -0.161. The fraction of sp³-hybridized carbons (Fsp3) is 0.524. The van der Waals surface area contributed by atoms with Gasteiger partial charge in [0.25, 0.3) is 0 Å². The van der Waals surface area contributed by atoms with Crippen LogP contribution in [0.4, 0.5) is 0 Å². The zero-order valence-corrected chi connectivity index (χ0v) is 20.1. The zero-order chi connectivity index (χ0) is 25.2. The number of aliphatic carboxylic acids is 3. The molecule has 2 heterocycles. The summed E-state index contributed by atoms with van der Waals surface area (Å²) in [5.74, 6) is -5.02. The van der Waals surface area contributed by atoms with Crippen molar-refractivity contribution in [2.45, 2.75) is 38.5 Å². The van der Waals surface area contributed by atoms with Gasteiger partial charge in [-0.15, -0.1) is 11.3 Å². The lowest BCUT2D eigenvalue weighted by Gasteiger charge is -2.23. The molecule has 0 fully saturated rings. The Bertz CT molecular complexity index is 896. The molecule has 0 atom stereocenters. The van der Waals surface area contributed by atoms with Crippen LogP contribution in [-0.2, 0) is 34.5 Å². The maximum Gasteiger partial charge on any atom is 0.336 e. The molecule has 2 rings (SSSR count). The molecule has 0 aromatic carbocycles. The highest BCUT2D eigenvalue weighted by atomic mass is 32.1. The smallest absolute Gasteiger partial charge is 0.336 e. The molecule has 0 aliphatic heterocycles. The highest BCUT2D eigenvalue weighted by molar-refractivity contribution is 7.09. The Morgan fingerprint density at radius 3 is 2.09 bits per heavy atom. The lowest BCUT2D eigenvalue weighted by molar-refractivity contribution is -0.170. The molecule has 0 amide bonds. The van der Waals surface area contributed by atoms with Crippen LogP contribution in [0.2, 0.25) is 0 Å². The summed E-state index contributed by atoms with van der Waals surface area (Å²) in [5, 5.41) is 40.3. The molecule has 0 spiro atoms. The second-order valence-corrected chi connectivity index (χ2v) is 8.98. The standard InChI is InChI=1S/C15H24N4S.C6H8O7/c1-13-14(10-16-18(13)4)11-19(8-7-17(2)3)12-15-6-5-9-20-15;7-3(8)1-6(13,5(11)12)2-4(9)10/h5-6,9-10H,7-8,11-12H2,1-4H3;13H,1-2H2,(H,7,8)(H,9,10)(H,11,12). The van der Waals surface area contributed by atoms with E-state index in [-0.39, 0.29) is 0 Å². The number of carboxylic acid groups (broad SMARTS) is 3. The van der Waals surface area contributed by atoms with E-state index in [1.54, 1.807) is 0 Å². The van der Waals surface area contributed by atoms with E-state index in [1.807, 2.05) is 29.3 Å². The van der Waals surface area contributed by atoms with Crippen LogP contribution >= 0.6 is 11.3 Å². The van der Waals surface area contributed by atoms with Gasteiger partial charge in [-0.25, -0.2) is 4.79 Å². The van der Waals surface area contributed by atoms with Gasteiger partial charge in [0.15, 0.2) is 5.60 Å². The van der Waals surface area contributed by atoms with Gasteiger partial charge < -0.3 is 25.3 Å². The molecule has 12 heteroatoms. The second kappa shape index (κ2) is 13.0. The predicted octanol–water partition coefficient (Wildman–Crippen LogP) is 1.11. The molecule has 184 valence electrons. The van der Waals surface area contributed by atoms with Crippen LogP contribution in [0, 0.1) is 6.92 Å². The van der Waals surface area contributed by atoms with Gasteiger partial charge in [0.1, 0.15) is 0 Å². The van der Waals surface area contributed by atoms with Crippen molar-refractivity contribution in [3.63, 3.8) is 0 Å². The first-order chi connectivity index (χ1) is 15.3. The van der Waals surface area contributed by atoms with Crippen LogP contribution in [0.3, 0.4) is 0 Å². The van der Waals surface area contributed by atoms with Crippen molar-refractivity contribution >= 4 is 29.2 Å². The number of carbonyl (C=O) groups is 3. The van der Waals surface area contributed by atoms with Gasteiger partial charge >= 0.3 is 17.9 Å². The van der Waals surface area contributed by atoms with E-state index in [1.165, 1.54) is 16.1 Å². The number of rotatable bonds is 12.